The number of nitrogens with one attached hydrogen (secondary N) is 1. The molecule has 2 aromatic heterocycles. The molecule has 0 aliphatic heterocycles. The van der Waals surface area contributed by atoms with E-state index in [0.29, 0.717) is 6.61 Å². The zero-order chi connectivity index (χ0) is 15.1. The maximum atomic E-state index is 5.56. The van der Waals surface area contributed by atoms with Crippen LogP contribution in [0.3, 0.4) is 0 Å². The molecule has 0 bridgehead atoms. The van der Waals surface area contributed by atoms with Gasteiger partial charge in [-0.1, -0.05) is 6.92 Å². The van der Waals surface area contributed by atoms with Gasteiger partial charge in [-0.2, -0.15) is 0 Å². The minimum absolute atomic E-state index is 0.0767. The van der Waals surface area contributed by atoms with Gasteiger partial charge in [0.1, 0.15) is 11.5 Å². The van der Waals surface area contributed by atoms with Crippen molar-refractivity contribution in [1.29, 1.82) is 0 Å². The molecule has 1 unspecified atom stereocenters. The van der Waals surface area contributed by atoms with E-state index in [4.69, 9.17) is 9.47 Å². The predicted octanol–water partition coefficient (Wildman–Crippen LogP) is 3.64. The molecule has 2 heterocycles. The average Bonchev–Trinajstić information content (AvgIpc) is 2.97. The second-order valence-electron chi connectivity index (χ2n) is 4.63. The van der Waals surface area contributed by atoms with Crippen LogP contribution in [-0.4, -0.2) is 25.2 Å². The van der Waals surface area contributed by atoms with Crippen molar-refractivity contribution in [1.82, 2.24) is 10.3 Å². The average molecular weight is 306 g/mol. The summed E-state index contributed by atoms with van der Waals surface area (Å²) in [5.41, 5.74) is 1.09. The third-order valence-corrected chi connectivity index (χ3v) is 4.08. The molecule has 2 rings (SSSR count). The van der Waals surface area contributed by atoms with Crippen LogP contribution in [-0.2, 0) is 0 Å². The number of nitrogens with zero attached hydrogens (tertiary/aromatic N) is 1. The molecular weight excluding hydrogens is 284 g/mol. The predicted molar refractivity (Wildman–Crippen MR) is 86.4 cm³/mol. The fourth-order valence-electron chi connectivity index (χ4n) is 2.18. The van der Waals surface area contributed by atoms with Crippen LogP contribution >= 0.6 is 11.3 Å². The normalized spacial score (nSPS) is 12.1. The van der Waals surface area contributed by atoms with Crippen molar-refractivity contribution < 1.29 is 9.47 Å². The highest BCUT2D eigenvalue weighted by molar-refractivity contribution is 7.10. The van der Waals surface area contributed by atoms with Gasteiger partial charge >= 0.3 is 0 Å². The molecule has 1 atom stereocenters. The fourth-order valence-corrected chi connectivity index (χ4v) is 3.14. The molecule has 0 saturated carbocycles. The Balaban J connectivity index is 2.33. The highest BCUT2D eigenvalue weighted by atomic mass is 32.1. The van der Waals surface area contributed by atoms with E-state index >= 15 is 0 Å². The highest BCUT2D eigenvalue weighted by Crippen LogP contribution is 2.35. The quantitative estimate of drug-likeness (QED) is 0.808. The maximum absolute atomic E-state index is 5.56. The first kappa shape index (κ1) is 15.8. The summed E-state index contributed by atoms with van der Waals surface area (Å²) in [6.45, 7) is 5.71. The molecule has 0 aliphatic carbocycles. The van der Waals surface area contributed by atoms with Gasteiger partial charge in [-0.05, 0) is 43.0 Å². The SMILES string of the molecule is CCCNC(c1cncc(OCC)c1)c1sccc1OC. The zero-order valence-electron chi connectivity index (χ0n) is 12.8. The van der Waals surface area contributed by atoms with Gasteiger partial charge in [-0.25, -0.2) is 0 Å². The van der Waals surface area contributed by atoms with Crippen LogP contribution in [0.4, 0.5) is 0 Å². The van der Waals surface area contributed by atoms with Crippen LogP contribution in [0.1, 0.15) is 36.8 Å². The Morgan fingerprint density at radius 1 is 1.33 bits per heavy atom. The lowest BCUT2D eigenvalue weighted by Gasteiger charge is -2.19. The molecule has 4 nitrogen and oxygen atoms in total. The van der Waals surface area contributed by atoms with Crippen molar-refractivity contribution in [2.75, 3.05) is 20.3 Å². The van der Waals surface area contributed by atoms with Crippen LogP contribution in [0.15, 0.2) is 29.9 Å². The van der Waals surface area contributed by atoms with Crippen LogP contribution in [0.25, 0.3) is 0 Å². The second-order valence-corrected chi connectivity index (χ2v) is 5.58. The van der Waals surface area contributed by atoms with Gasteiger partial charge in [0.15, 0.2) is 0 Å². The molecule has 2 aromatic rings. The molecule has 0 spiro atoms. The van der Waals surface area contributed by atoms with Crippen molar-refractivity contribution in [2.45, 2.75) is 26.3 Å². The molecule has 21 heavy (non-hydrogen) atoms. The summed E-state index contributed by atoms with van der Waals surface area (Å²) in [7, 11) is 1.71. The number of pyridine rings is 1. The number of methoxy groups -OCH3 is 1. The Morgan fingerprint density at radius 3 is 2.90 bits per heavy atom. The van der Waals surface area contributed by atoms with Gasteiger partial charge in [0.25, 0.3) is 0 Å². The molecule has 1 N–H and O–H groups in total. The monoisotopic (exact) mass is 306 g/mol. The first-order valence-corrected chi connectivity index (χ1v) is 8.10. The molecule has 0 saturated heterocycles. The summed E-state index contributed by atoms with van der Waals surface area (Å²) >= 11 is 1.69. The molecular formula is C16H22N2O2S. The summed E-state index contributed by atoms with van der Waals surface area (Å²) in [6, 6.07) is 4.12. The Labute approximate surface area is 130 Å². The molecule has 0 amide bonds. The van der Waals surface area contributed by atoms with E-state index in [1.165, 1.54) is 4.88 Å². The lowest BCUT2D eigenvalue weighted by Crippen LogP contribution is -2.23. The zero-order valence-corrected chi connectivity index (χ0v) is 13.6. The number of hydrogen-bond donors (Lipinski definition) is 1. The van der Waals surface area contributed by atoms with Gasteiger partial charge < -0.3 is 14.8 Å². The number of thiophene rings is 1. The summed E-state index contributed by atoms with van der Waals surface area (Å²) in [6.07, 6.45) is 4.70. The Bertz CT molecular complexity index is 557. The molecule has 114 valence electrons. The van der Waals surface area contributed by atoms with E-state index in [0.717, 1.165) is 30.0 Å². The van der Waals surface area contributed by atoms with Gasteiger partial charge in [-0.15, -0.1) is 11.3 Å². The van der Waals surface area contributed by atoms with Crippen molar-refractivity contribution in [3.8, 4) is 11.5 Å². The minimum Gasteiger partial charge on any atom is -0.496 e. The fraction of sp³-hybridized carbons (Fsp3) is 0.438. The van der Waals surface area contributed by atoms with E-state index in [2.05, 4.69) is 22.6 Å². The summed E-state index contributed by atoms with van der Waals surface area (Å²) in [4.78, 5) is 5.46. The topological polar surface area (TPSA) is 43.4 Å². The van der Waals surface area contributed by atoms with Crippen molar-refractivity contribution >= 4 is 11.3 Å². The van der Waals surface area contributed by atoms with Crippen molar-refractivity contribution in [2.24, 2.45) is 0 Å². The van der Waals surface area contributed by atoms with Crippen molar-refractivity contribution in [3.63, 3.8) is 0 Å². The summed E-state index contributed by atoms with van der Waals surface area (Å²) in [5, 5.41) is 5.62. The van der Waals surface area contributed by atoms with E-state index in [1.807, 2.05) is 25.3 Å². The first-order chi connectivity index (χ1) is 10.3. The van der Waals surface area contributed by atoms with E-state index < -0.39 is 0 Å². The third kappa shape index (κ3) is 3.95. The maximum Gasteiger partial charge on any atom is 0.137 e. The highest BCUT2D eigenvalue weighted by Gasteiger charge is 2.20. The number of ether oxygens (including phenoxy) is 2. The minimum atomic E-state index is 0.0767. The molecule has 0 aliphatic rings. The number of aromatic nitrogens is 1. The standard InChI is InChI=1S/C16H22N2O2S/c1-4-7-18-15(16-14(19-3)6-8-21-16)12-9-13(20-5-2)11-17-10-12/h6,8-11,15,18H,4-5,7H2,1-3H3. The molecule has 0 radical (unpaired) electrons. The molecule has 0 fully saturated rings. The largest absolute Gasteiger partial charge is 0.496 e. The lowest BCUT2D eigenvalue weighted by molar-refractivity contribution is 0.338. The van der Waals surface area contributed by atoms with Crippen LogP contribution < -0.4 is 14.8 Å². The van der Waals surface area contributed by atoms with Crippen molar-refractivity contribution in [3.05, 3.63) is 40.3 Å². The van der Waals surface area contributed by atoms with Crippen LogP contribution in [0, 0.1) is 0 Å². The smallest absolute Gasteiger partial charge is 0.137 e. The van der Waals surface area contributed by atoms with Gasteiger partial charge in [-0.3, -0.25) is 4.98 Å². The summed E-state index contributed by atoms with van der Waals surface area (Å²) < 4.78 is 11.0. The Kier molecular flexibility index (Phi) is 6.02. The Morgan fingerprint density at radius 2 is 2.19 bits per heavy atom. The van der Waals surface area contributed by atoms with E-state index in [-0.39, 0.29) is 6.04 Å². The Hall–Kier alpha value is -1.59. The second kappa shape index (κ2) is 8.00. The molecule has 5 heteroatoms. The third-order valence-electron chi connectivity index (χ3n) is 3.12. The van der Waals surface area contributed by atoms with Crippen LogP contribution in [0.5, 0.6) is 11.5 Å². The van der Waals surface area contributed by atoms with Gasteiger partial charge in [0, 0.05) is 6.20 Å². The first-order valence-electron chi connectivity index (χ1n) is 7.22. The van der Waals surface area contributed by atoms with E-state index in [1.54, 1.807) is 24.6 Å². The van der Waals surface area contributed by atoms with E-state index in [9.17, 15) is 0 Å². The molecule has 0 aromatic carbocycles. The summed E-state index contributed by atoms with van der Waals surface area (Å²) in [5.74, 6) is 1.71. The van der Waals surface area contributed by atoms with Crippen LogP contribution in [0.2, 0.25) is 0 Å². The number of rotatable bonds is 8. The number of hydrogen-bond acceptors (Lipinski definition) is 5. The van der Waals surface area contributed by atoms with Gasteiger partial charge in [0.05, 0.1) is 30.8 Å². The lowest BCUT2D eigenvalue weighted by atomic mass is 10.1. The van der Waals surface area contributed by atoms with Gasteiger partial charge in [0.2, 0.25) is 0 Å².